The molecule has 0 radical (unpaired) electrons. The van der Waals surface area contributed by atoms with E-state index in [2.05, 4.69) is 54.3 Å². The lowest BCUT2D eigenvalue weighted by Crippen LogP contribution is -2.51. The molecule has 0 aromatic heterocycles. The monoisotopic (exact) mass is 356 g/mol. The lowest BCUT2D eigenvalue weighted by molar-refractivity contribution is -0.140. The van der Waals surface area contributed by atoms with E-state index in [1.54, 1.807) is 6.08 Å². The van der Waals surface area contributed by atoms with E-state index in [1.165, 1.54) is 0 Å². The third-order valence-electron chi connectivity index (χ3n) is 5.66. The van der Waals surface area contributed by atoms with E-state index >= 15 is 0 Å². The van der Waals surface area contributed by atoms with E-state index in [1.807, 2.05) is 20.8 Å². The molecule has 0 aliphatic carbocycles. The Morgan fingerprint density at radius 1 is 1.17 bits per heavy atom. The van der Waals surface area contributed by atoms with Crippen LogP contribution >= 0.6 is 0 Å². The summed E-state index contributed by atoms with van der Waals surface area (Å²) in [6.45, 7) is 24.5. The predicted octanol–water partition coefficient (Wildman–Crippen LogP) is 5.20. The van der Waals surface area contributed by atoms with Gasteiger partial charge >= 0.3 is 0 Å². The Morgan fingerprint density at radius 2 is 1.62 bits per heavy atom. The molecular formula is C20H40O3Si. The van der Waals surface area contributed by atoms with E-state index in [-0.39, 0.29) is 28.8 Å². The van der Waals surface area contributed by atoms with Crippen LogP contribution in [0.2, 0.25) is 18.1 Å². The van der Waals surface area contributed by atoms with Crippen molar-refractivity contribution in [2.45, 2.75) is 92.2 Å². The molecule has 0 heterocycles. The fourth-order valence-corrected chi connectivity index (χ4v) is 4.20. The van der Waals surface area contributed by atoms with E-state index < -0.39 is 19.8 Å². The van der Waals surface area contributed by atoms with Crippen molar-refractivity contribution in [3.05, 3.63) is 12.7 Å². The number of aliphatic hydroxyl groups is 1. The van der Waals surface area contributed by atoms with Crippen molar-refractivity contribution in [3.8, 4) is 0 Å². The summed E-state index contributed by atoms with van der Waals surface area (Å²) in [5.41, 5.74) is -0.808. The maximum atomic E-state index is 13.1. The Kier molecular flexibility index (Phi) is 8.13. The van der Waals surface area contributed by atoms with Crippen molar-refractivity contribution in [1.29, 1.82) is 0 Å². The minimum atomic E-state index is -1.97. The van der Waals surface area contributed by atoms with Crippen LogP contribution in [0.5, 0.6) is 0 Å². The van der Waals surface area contributed by atoms with Crippen LogP contribution in [0.3, 0.4) is 0 Å². The van der Waals surface area contributed by atoms with E-state index in [0.717, 1.165) is 0 Å². The molecular weight excluding hydrogens is 316 g/mol. The summed E-state index contributed by atoms with van der Waals surface area (Å²) in [6.07, 6.45) is 1.23. The normalized spacial score (nSPS) is 17.5. The summed E-state index contributed by atoms with van der Waals surface area (Å²) in [5, 5.41) is 10.5. The van der Waals surface area contributed by atoms with Crippen LogP contribution in [0.4, 0.5) is 0 Å². The smallest absolute Gasteiger partial charge is 0.192 e. The van der Waals surface area contributed by atoms with Gasteiger partial charge in [-0.3, -0.25) is 4.79 Å². The van der Waals surface area contributed by atoms with Gasteiger partial charge in [0.15, 0.2) is 8.32 Å². The number of Topliss-reactive ketones (excluding diaryl/α,β-unsaturated/α-hetero) is 1. The minimum absolute atomic E-state index is 0.0641. The lowest BCUT2D eigenvalue weighted by Gasteiger charge is -2.43. The molecule has 0 aromatic carbocycles. The van der Waals surface area contributed by atoms with Crippen molar-refractivity contribution in [3.63, 3.8) is 0 Å². The number of hydrogen-bond acceptors (Lipinski definition) is 3. The minimum Gasteiger partial charge on any atom is -0.413 e. The maximum Gasteiger partial charge on any atom is 0.192 e. The van der Waals surface area contributed by atoms with Crippen LogP contribution in [0.1, 0.15) is 61.8 Å². The second-order valence-corrected chi connectivity index (χ2v) is 14.3. The van der Waals surface area contributed by atoms with Gasteiger partial charge in [0.25, 0.3) is 0 Å². The van der Waals surface area contributed by atoms with E-state index in [0.29, 0.717) is 6.42 Å². The number of carbonyl (C=O) groups excluding carboxylic acids is 1. The van der Waals surface area contributed by atoms with Gasteiger partial charge in [0.1, 0.15) is 5.78 Å². The first-order valence-electron chi connectivity index (χ1n) is 9.10. The molecule has 0 amide bonds. The van der Waals surface area contributed by atoms with Crippen LogP contribution < -0.4 is 0 Å². The van der Waals surface area contributed by atoms with Gasteiger partial charge in [-0.15, -0.1) is 6.58 Å². The fraction of sp³-hybridized carbons (Fsp3) is 0.850. The van der Waals surface area contributed by atoms with Gasteiger partial charge in [0.05, 0.1) is 12.2 Å². The molecule has 142 valence electrons. The highest BCUT2D eigenvalue weighted by atomic mass is 28.4. The molecule has 0 unspecified atom stereocenters. The summed E-state index contributed by atoms with van der Waals surface area (Å²) in [6, 6.07) is 0. The van der Waals surface area contributed by atoms with Crippen LogP contribution in [0.25, 0.3) is 0 Å². The topological polar surface area (TPSA) is 46.5 Å². The number of carbonyl (C=O) groups is 1. The SMILES string of the molecule is C=CC[C@H](O)C(C)(C)C(=O)[C@H](C)[C@@H](O[Si](C)(C)C(C)(C)C)C(C)C. The molecule has 0 fully saturated rings. The number of aliphatic hydroxyl groups excluding tert-OH is 1. The number of ketones is 1. The Bertz CT molecular complexity index is 433. The molecule has 3 atom stereocenters. The Morgan fingerprint density at radius 3 is 1.96 bits per heavy atom. The zero-order valence-corrected chi connectivity index (χ0v) is 18.6. The van der Waals surface area contributed by atoms with E-state index in [9.17, 15) is 9.90 Å². The second-order valence-electron chi connectivity index (χ2n) is 9.50. The summed E-state index contributed by atoms with van der Waals surface area (Å²) in [5.74, 6) is 0.0493. The van der Waals surface area contributed by atoms with Gasteiger partial charge in [-0.2, -0.15) is 0 Å². The molecule has 4 heteroatoms. The van der Waals surface area contributed by atoms with Crippen LogP contribution in [0, 0.1) is 17.3 Å². The second kappa shape index (κ2) is 8.28. The molecule has 0 rings (SSSR count). The van der Waals surface area contributed by atoms with Crippen molar-refractivity contribution >= 4 is 14.1 Å². The Hall–Kier alpha value is -0.453. The first kappa shape index (κ1) is 23.5. The number of rotatable bonds is 9. The summed E-state index contributed by atoms with van der Waals surface area (Å²) >= 11 is 0. The van der Waals surface area contributed by atoms with Crippen molar-refractivity contribution in [2.75, 3.05) is 0 Å². The molecule has 24 heavy (non-hydrogen) atoms. The lowest BCUT2D eigenvalue weighted by atomic mass is 9.73. The summed E-state index contributed by atoms with van der Waals surface area (Å²) < 4.78 is 6.60. The molecule has 0 aromatic rings. The summed E-state index contributed by atoms with van der Waals surface area (Å²) in [4.78, 5) is 13.1. The summed E-state index contributed by atoms with van der Waals surface area (Å²) in [7, 11) is -1.97. The van der Waals surface area contributed by atoms with Gasteiger partial charge in [-0.05, 0) is 30.5 Å². The zero-order valence-electron chi connectivity index (χ0n) is 17.6. The van der Waals surface area contributed by atoms with Gasteiger partial charge < -0.3 is 9.53 Å². The molecule has 0 aliphatic heterocycles. The Labute approximate surface area is 151 Å². The zero-order chi connectivity index (χ0) is 19.5. The quantitative estimate of drug-likeness (QED) is 0.456. The predicted molar refractivity (Wildman–Crippen MR) is 106 cm³/mol. The van der Waals surface area contributed by atoms with Crippen molar-refractivity contribution < 1.29 is 14.3 Å². The maximum absolute atomic E-state index is 13.1. The van der Waals surface area contributed by atoms with Gasteiger partial charge in [-0.25, -0.2) is 0 Å². The molecule has 0 saturated heterocycles. The van der Waals surface area contributed by atoms with E-state index in [4.69, 9.17) is 4.43 Å². The average molecular weight is 357 g/mol. The van der Waals surface area contributed by atoms with Crippen LogP contribution in [-0.2, 0) is 9.22 Å². The standard InChI is InChI=1S/C20H40O3Si/c1-12-13-16(21)20(8,9)18(22)15(4)17(14(2)3)23-24(10,11)19(5,6)7/h12,14-17,21H,1,13H2,2-11H3/t15-,16+,17+/m1/s1. The molecule has 1 N–H and O–H groups in total. The molecule has 0 spiro atoms. The highest BCUT2D eigenvalue weighted by Crippen LogP contribution is 2.40. The number of hydrogen-bond donors (Lipinski definition) is 1. The van der Waals surface area contributed by atoms with Crippen LogP contribution in [-0.4, -0.2) is 31.4 Å². The van der Waals surface area contributed by atoms with Crippen molar-refractivity contribution in [1.82, 2.24) is 0 Å². The first-order chi connectivity index (χ1) is 10.6. The third kappa shape index (κ3) is 5.53. The highest BCUT2D eigenvalue weighted by Gasteiger charge is 2.45. The Balaban J connectivity index is 5.48. The first-order valence-corrected chi connectivity index (χ1v) is 12.0. The fourth-order valence-electron chi connectivity index (χ4n) is 2.69. The highest BCUT2D eigenvalue weighted by molar-refractivity contribution is 6.74. The molecule has 3 nitrogen and oxygen atoms in total. The molecule has 0 saturated carbocycles. The van der Waals surface area contributed by atoms with Gasteiger partial charge in [0, 0.05) is 11.3 Å². The molecule has 0 bridgehead atoms. The van der Waals surface area contributed by atoms with Crippen molar-refractivity contribution in [2.24, 2.45) is 17.3 Å². The van der Waals surface area contributed by atoms with Crippen LogP contribution in [0.15, 0.2) is 12.7 Å². The molecule has 0 aliphatic rings. The average Bonchev–Trinajstić information content (AvgIpc) is 2.41. The third-order valence-corrected chi connectivity index (χ3v) is 10.1. The van der Waals surface area contributed by atoms with Gasteiger partial charge in [-0.1, -0.05) is 61.5 Å². The van der Waals surface area contributed by atoms with Gasteiger partial charge in [0.2, 0.25) is 0 Å². The largest absolute Gasteiger partial charge is 0.413 e.